The normalized spacial score (nSPS) is 10.2. The van der Waals surface area contributed by atoms with Gasteiger partial charge in [-0.3, -0.25) is 4.79 Å². The van der Waals surface area contributed by atoms with Crippen LogP contribution in [0.5, 0.6) is 0 Å². The Morgan fingerprint density at radius 3 is 2.36 bits per heavy atom. The van der Waals surface area contributed by atoms with E-state index in [4.69, 9.17) is 0 Å². The predicted octanol–water partition coefficient (Wildman–Crippen LogP) is 0.357. The van der Waals surface area contributed by atoms with E-state index in [1.54, 1.807) is 0 Å². The summed E-state index contributed by atoms with van der Waals surface area (Å²) in [5, 5.41) is 3.02. The summed E-state index contributed by atoms with van der Waals surface area (Å²) in [5.74, 6) is 0.456. The smallest absolute Gasteiger partial charge is 0.290 e. The van der Waals surface area contributed by atoms with Crippen molar-refractivity contribution in [2.24, 2.45) is 0 Å². The van der Waals surface area contributed by atoms with Crippen LogP contribution in [0, 0.1) is 13.8 Å². The molecule has 2 rings (SSSR count). The van der Waals surface area contributed by atoms with Crippen LogP contribution in [-0.4, -0.2) is 5.91 Å². The minimum absolute atomic E-state index is 0. The Balaban J connectivity index is 0.00000242. The lowest BCUT2D eigenvalue weighted by molar-refractivity contribution is -0.684. The van der Waals surface area contributed by atoms with Gasteiger partial charge in [-0.05, 0) is 37.0 Å². The van der Waals surface area contributed by atoms with Gasteiger partial charge in [-0.1, -0.05) is 32.0 Å². The van der Waals surface area contributed by atoms with Crippen LogP contribution in [0.4, 0.5) is 5.69 Å². The van der Waals surface area contributed by atoms with E-state index in [9.17, 15) is 4.79 Å². The summed E-state index contributed by atoms with van der Waals surface area (Å²) >= 11 is 0. The lowest BCUT2D eigenvalue weighted by atomic mass is 10.1. The van der Waals surface area contributed by atoms with E-state index in [-0.39, 0.29) is 18.3 Å². The molecular weight excluding hydrogens is 296 g/mol. The monoisotopic (exact) mass is 318 g/mol. The molecule has 0 fully saturated rings. The molecule has 1 amide bonds. The van der Waals surface area contributed by atoms with Gasteiger partial charge in [0.1, 0.15) is 0 Å². The fraction of sp³-hybridized carbons (Fsp3) is 0.333. The molecule has 22 heavy (non-hydrogen) atoms. The van der Waals surface area contributed by atoms with Gasteiger partial charge in [0.05, 0.1) is 0 Å². The van der Waals surface area contributed by atoms with E-state index in [1.165, 1.54) is 5.56 Å². The van der Waals surface area contributed by atoms with E-state index in [0.717, 1.165) is 16.8 Å². The molecule has 2 aromatic rings. The maximum Gasteiger partial charge on any atom is 0.290 e. The lowest BCUT2D eigenvalue weighted by Crippen LogP contribution is -3.00. The van der Waals surface area contributed by atoms with Crippen molar-refractivity contribution in [2.75, 3.05) is 5.32 Å². The molecule has 3 nitrogen and oxygen atoms in total. The molecule has 1 aromatic heterocycles. The first kappa shape index (κ1) is 18.2. The zero-order valence-electron chi connectivity index (χ0n) is 13.6. The average molecular weight is 319 g/mol. The molecule has 0 saturated heterocycles. The number of carbonyl (C=O) groups excluding carboxylic acids is 1. The highest BCUT2D eigenvalue weighted by Gasteiger charge is 2.13. The Hall–Kier alpha value is -1.87. The molecule has 0 unspecified atom stereocenters. The van der Waals surface area contributed by atoms with Crippen LogP contribution in [-0.2, 0) is 11.3 Å². The zero-order chi connectivity index (χ0) is 15.4. The SMILES string of the molecule is Cc1cccc(C)c1NC(=O)C[n+]1cccc(C(C)C)c1.[Cl-]. The number of carbonyl (C=O) groups is 1. The van der Waals surface area contributed by atoms with E-state index < -0.39 is 0 Å². The molecule has 0 radical (unpaired) electrons. The van der Waals surface area contributed by atoms with Gasteiger partial charge < -0.3 is 17.7 Å². The molecule has 1 heterocycles. The Bertz CT molecular complexity index is 633. The van der Waals surface area contributed by atoms with Gasteiger partial charge in [0.25, 0.3) is 5.91 Å². The molecule has 1 aromatic carbocycles. The maximum absolute atomic E-state index is 12.2. The third kappa shape index (κ3) is 4.57. The van der Waals surface area contributed by atoms with Crippen molar-refractivity contribution in [2.45, 2.75) is 40.2 Å². The van der Waals surface area contributed by atoms with Crippen molar-refractivity contribution >= 4 is 11.6 Å². The van der Waals surface area contributed by atoms with Crippen LogP contribution in [0.15, 0.2) is 42.7 Å². The van der Waals surface area contributed by atoms with E-state index in [1.807, 2.05) is 55.1 Å². The molecule has 1 N–H and O–H groups in total. The van der Waals surface area contributed by atoms with E-state index in [2.05, 4.69) is 25.2 Å². The minimum atomic E-state index is -0.00157. The average Bonchev–Trinajstić information content (AvgIpc) is 2.43. The van der Waals surface area contributed by atoms with Gasteiger partial charge in [-0.2, -0.15) is 4.57 Å². The van der Waals surface area contributed by atoms with Gasteiger partial charge in [0.2, 0.25) is 6.54 Å². The van der Waals surface area contributed by atoms with Gasteiger partial charge in [-0.25, -0.2) is 0 Å². The largest absolute Gasteiger partial charge is 1.00 e. The number of hydrogen-bond donors (Lipinski definition) is 1. The van der Waals surface area contributed by atoms with Crippen LogP contribution >= 0.6 is 0 Å². The van der Waals surface area contributed by atoms with Crippen LogP contribution in [0.1, 0.15) is 36.5 Å². The highest BCUT2D eigenvalue weighted by atomic mass is 35.5. The molecule has 0 aliphatic carbocycles. The molecule has 4 heteroatoms. The fourth-order valence-electron chi connectivity index (χ4n) is 2.34. The van der Waals surface area contributed by atoms with Gasteiger partial charge in [0.15, 0.2) is 12.4 Å². The van der Waals surface area contributed by atoms with Crippen molar-refractivity contribution in [3.63, 3.8) is 0 Å². The van der Waals surface area contributed by atoms with Gasteiger partial charge in [0, 0.05) is 17.3 Å². The second-order valence-electron chi connectivity index (χ2n) is 5.78. The second-order valence-corrected chi connectivity index (χ2v) is 5.78. The van der Waals surface area contributed by atoms with Crippen molar-refractivity contribution in [3.8, 4) is 0 Å². The van der Waals surface area contributed by atoms with Gasteiger partial charge >= 0.3 is 0 Å². The van der Waals surface area contributed by atoms with Crippen molar-refractivity contribution < 1.29 is 21.8 Å². The van der Waals surface area contributed by atoms with Gasteiger partial charge in [-0.15, -0.1) is 0 Å². The van der Waals surface area contributed by atoms with E-state index >= 15 is 0 Å². The van der Waals surface area contributed by atoms with E-state index in [0.29, 0.717) is 12.5 Å². The Morgan fingerprint density at radius 1 is 1.14 bits per heavy atom. The summed E-state index contributed by atoms with van der Waals surface area (Å²) < 4.78 is 1.93. The summed E-state index contributed by atoms with van der Waals surface area (Å²) in [6, 6.07) is 10.1. The number of benzene rings is 1. The van der Waals surface area contributed by atoms with Crippen molar-refractivity contribution in [1.82, 2.24) is 0 Å². The molecule has 0 saturated carbocycles. The molecule has 0 spiro atoms. The highest BCUT2D eigenvalue weighted by molar-refractivity contribution is 5.91. The molecule has 0 aliphatic heterocycles. The topological polar surface area (TPSA) is 33.0 Å². The Morgan fingerprint density at radius 2 is 1.77 bits per heavy atom. The second kappa shape index (κ2) is 7.95. The van der Waals surface area contributed by atoms with Crippen molar-refractivity contribution in [1.29, 1.82) is 0 Å². The number of aromatic nitrogens is 1. The first-order valence-electron chi connectivity index (χ1n) is 7.32. The van der Waals surface area contributed by atoms with Crippen LogP contribution in [0.3, 0.4) is 0 Å². The number of aryl methyl sites for hydroxylation is 2. The third-order valence-electron chi connectivity index (χ3n) is 3.62. The molecule has 0 atom stereocenters. The first-order chi connectivity index (χ1) is 9.97. The standard InChI is InChI=1S/C18H22N2O.ClH/c1-13(2)16-9-6-10-20(11-16)12-17(21)19-18-14(3)7-5-8-15(18)4;/h5-11,13H,12H2,1-4H3;1H. The van der Waals surface area contributed by atoms with Crippen LogP contribution < -0.4 is 22.3 Å². The molecule has 118 valence electrons. The number of amides is 1. The maximum atomic E-state index is 12.2. The van der Waals surface area contributed by atoms with Crippen LogP contribution in [0.2, 0.25) is 0 Å². The number of para-hydroxylation sites is 1. The number of halogens is 1. The zero-order valence-corrected chi connectivity index (χ0v) is 14.3. The third-order valence-corrected chi connectivity index (χ3v) is 3.62. The fourth-order valence-corrected chi connectivity index (χ4v) is 2.34. The Kier molecular flexibility index (Phi) is 6.57. The Labute approximate surface area is 138 Å². The summed E-state index contributed by atoms with van der Waals surface area (Å²) in [5.41, 5.74) is 4.33. The number of rotatable bonds is 4. The molecule has 0 bridgehead atoms. The first-order valence-corrected chi connectivity index (χ1v) is 7.32. The molecular formula is C18H23ClN2O. The number of pyridine rings is 1. The lowest BCUT2D eigenvalue weighted by Gasteiger charge is -2.10. The number of hydrogen-bond acceptors (Lipinski definition) is 1. The summed E-state index contributed by atoms with van der Waals surface area (Å²) in [7, 11) is 0. The van der Waals surface area contributed by atoms with Crippen LogP contribution in [0.25, 0.3) is 0 Å². The number of nitrogens with one attached hydrogen (secondary N) is 1. The van der Waals surface area contributed by atoms with Crippen molar-refractivity contribution in [3.05, 3.63) is 59.4 Å². The summed E-state index contributed by atoms with van der Waals surface area (Å²) in [6.07, 6.45) is 3.96. The number of anilines is 1. The highest BCUT2D eigenvalue weighted by Crippen LogP contribution is 2.19. The minimum Gasteiger partial charge on any atom is -1.00 e. The number of nitrogens with zero attached hydrogens (tertiary/aromatic N) is 1. The molecule has 0 aliphatic rings. The predicted molar refractivity (Wildman–Crippen MR) is 85.3 cm³/mol. The quantitative estimate of drug-likeness (QED) is 0.811. The summed E-state index contributed by atoms with van der Waals surface area (Å²) in [6.45, 7) is 8.64. The summed E-state index contributed by atoms with van der Waals surface area (Å²) in [4.78, 5) is 12.2.